The number of carbonyl (C=O) groups excluding carboxylic acids is 1. The van der Waals surface area contributed by atoms with Crippen molar-refractivity contribution >= 4 is 11.9 Å². The number of hydrogen-bond donors (Lipinski definition) is 1. The summed E-state index contributed by atoms with van der Waals surface area (Å²) >= 11 is 0. The van der Waals surface area contributed by atoms with Gasteiger partial charge in [0.05, 0.1) is 13.7 Å². The van der Waals surface area contributed by atoms with E-state index in [2.05, 4.69) is 0 Å². The van der Waals surface area contributed by atoms with E-state index in [9.17, 15) is 14.7 Å². The quantitative estimate of drug-likeness (QED) is 0.778. The summed E-state index contributed by atoms with van der Waals surface area (Å²) in [4.78, 5) is 28.4. The first-order valence-corrected chi connectivity index (χ1v) is 9.74. The molecule has 2 aromatic carbocycles. The fourth-order valence-electron chi connectivity index (χ4n) is 3.93. The summed E-state index contributed by atoms with van der Waals surface area (Å²) in [5, 5.41) is 9.92. The second-order valence-corrected chi connectivity index (χ2v) is 7.46. The fourth-order valence-corrected chi connectivity index (χ4v) is 3.93. The fraction of sp³-hybridized carbons (Fsp3) is 0.364. The van der Waals surface area contributed by atoms with Crippen molar-refractivity contribution in [2.24, 2.45) is 0 Å². The van der Waals surface area contributed by atoms with Crippen LogP contribution >= 0.6 is 0 Å². The van der Waals surface area contributed by atoms with E-state index in [0.29, 0.717) is 42.4 Å². The number of aliphatic carboxylic acids is 1. The summed E-state index contributed by atoms with van der Waals surface area (Å²) in [6.07, 6.45) is 0. The Kier molecular flexibility index (Phi) is 5.50. The predicted molar refractivity (Wildman–Crippen MR) is 108 cm³/mol. The lowest BCUT2D eigenvalue weighted by molar-refractivity contribution is -0.148. The molecule has 0 spiro atoms. The van der Waals surface area contributed by atoms with Crippen molar-refractivity contribution in [2.45, 2.75) is 19.5 Å². The molecule has 4 rings (SSSR count). The third-order valence-electron chi connectivity index (χ3n) is 5.44. The molecule has 8 heteroatoms. The molecule has 2 aromatic rings. The number of benzene rings is 2. The van der Waals surface area contributed by atoms with Crippen LogP contribution < -0.4 is 14.2 Å². The van der Waals surface area contributed by atoms with Gasteiger partial charge in [-0.25, -0.2) is 0 Å². The Bertz CT molecular complexity index is 976. The van der Waals surface area contributed by atoms with Gasteiger partial charge in [0.15, 0.2) is 11.5 Å². The van der Waals surface area contributed by atoms with Gasteiger partial charge in [0, 0.05) is 25.2 Å². The topological polar surface area (TPSA) is 88.5 Å². The van der Waals surface area contributed by atoms with E-state index in [1.54, 1.807) is 21.9 Å². The normalized spacial score (nSPS) is 17.1. The Morgan fingerprint density at radius 3 is 2.70 bits per heavy atom. The summed E-state index contributed by atoms with van der Waals surface area (Å²) in [7, 11) is 1.52. The van der Waals surface area contributed by atoms with Crippen LogP contribution in [0.3, 0.4) is 0 Å². The molecule has 1 fully saturated rings. The molecule has 8 nitrogen and oxygen atoms in total. The Labute approximate surface area is 174 Å². The van der Waals surface area contributed by atoms with Gasteiger partial charge in [0.25, 0.3) is 0 Å². The number of methoxy groups -OCH3 is 1. The molecule has 30 heavy (non-hydrogen) atoms. The van der Waals surface area contributed by atoms with Crippen molar-refractivity contribution in [1.29, 1.82) is 0 Å². The highest BCUT2D eigenvalue weighted by atomic mass is 16.7. The van der Waals surface area contributed by atoms with Gasteiger partial charge in [-0.1, -0.05) is 23.8 Å². The van der Waals surface area contributed by atoms with Gasteiger partial charge in [-0.3, -0.25) is 14.5 Å². The Morgan fingerprint density at radius 2 is 1.97 bits per heavy atom. The van der Waals surface area contributed by atoms with E-state index < -0.39 is 12.0 Å². The average molecular weight is 412 g/mol. The number of carboxylic acids is 1. The van der Waals surface area contributed by atoms with Crippen molar-refractivity contribution in [3.05, 3.63) is 53.1 Å². The summed E-state index contributed by atoms with van der Waals surface area (Å²) in [6, 6.07) is 10.1. The van der Waals surface area contributed by atoms with Gasteiger partial charge < -0.3 is 24.2 Å². The van der Waals surface area contributed by atoms with Crippen LogP contribution in [-0.2, 0) is 16.1 Å². The van der Waals surface area contributed by atoms with Gasteiger partial charge >= 0.3 is 5.97 Å². The number of hydrogen-bond acceptors (Lipinski definition) is 6. The number of ether oxygens (including phenoxy) is 3. The second kappa shape index (κ2) is 8.23. The zero-order valence-corrected chi connectivity index (χ0v) is 17.0. The first-order chi connectivity index (χ1) is 14.5. The zero-order chi connectivity index (χ0) is 21.3. The SMILES string of the molecule is COc1ccc(C)cc1C(C(=O)O)N1CCN(Cc2ccc3c(c2)OCO3)C(=O)C1. The van der Waals surface area contributed by atoms with E-state index >= 15 is 0 Å². The van der Waals surface area contributed by atoms with E-state index in [4.69, 9.17) is 14.2 Å². The molecular formula is C22H24N2O6. The summed E-state index contributed by atoms with van der Waals surface area (Å²) in [5.41, 5.74) is 2.43. The van der Waals surface area contributed by atoms with E-state index in [1.807, 2.05) is 31.2 Å². The van der Waals surface area contributed by atoms with Crippen LogP contribution in [-0.4, -0.2) is 60.3 Å². The molecule has 0 bridgehead atoms. The predicted octanol–water partition coefficient (Wildman–Crippen LogP) is 2.20. The number of aryl methyl sites for hydroxylation is 1. The largest absolute Gasteiger partial charge is 0.496 e. The third-order valence-corrected chi connectivity index (χ3v) is 5.44. The van der Waals surface area contributed by atoms with Crippen molar-refractivity contribution in [3.8, 4) is 17.2 Å². The number of rotatable bonds is 6. The first-order valence-electron chi connectivity index (χ1n) is 9.74. The van der Waals surface area contributed by atoms with Crippen molar-refractivity contribution in [2.75, 3.05) is 33.5 Å². The maximum absolute atomic E-state index is 12.8. The molecule has 0 aromatic heterocycles. The number of nitrogens with zero attached hydrogens (tertiary/aromatic N) is 2. The second-order valence-electron chi connectivity index (χ2n) is 7.46. The number of piperazine rings is 1. The van der Waals surface area contributed by atoms with Crippen LogP contribution in [0, 0.1) is 6.92 Å². The Balaban J connectivity index is 1.49. The van der Waals surface area contributed by atoms with Crippen molar-refractivity contribution in [3.63, 3.8) is 0 Å². The van der Waals surface area contributed by atoms with Gasteiger partial charge in [-0.05, 0) is 30.7 Å². The van der Waals surface area contributed by atoms with Crippen molar-refractivity contribution < 1.29 is 28.9 Å². The van der Waals surface area contributed by atoms with Crippen LogP contribution in [0.15, 0.2) is 36.4 Å². The molecule has 0 radical (unpaired) electrons. The average Bonchev–Trinajstić information content (AvgIpc) is 3.18. The van der Waals surface area contributed by atoms with E-state index in [-0.39, 0.29) is 19.2 Å². The molecule has 2 aliphatic rings. The van der Waals surface area contributed by atoms with Crippen LogP contribution in [0.2, 0.25) is 0 Å². The van der Waals surface area contributed by atoms with Gasteiger partial charge in [-0.15, -0.1) is 0 Å². The molecule has 1 N–H and O–H groups in total. The molecule has 1 amide bonds. The number of fused-ring (bicyclic) bond motifs is 1. The monoisotopic (exact) mass is 412 g/mol. The third kappa shape index (κ3) is 3.91. The van der Waals surface area contributed by atoms with Crippen LogP contribution in [0.5, 0.6) is 17.2 Å². The van der Waals surface area contributed by atoms with Crippen LogP contribution in [0.1, 0.15) is 22.7 Å². The first kappa shape index (κ1) is 20.0. The number of amides is 1. The summed E-state index contributed by atoms with van der Waals surface area (Å²) in [6.45, 7) is 3.45. The van der Waals surface area contributed by atoms with Crippen molar-refractivity contribution in [1.82, 2.24) is 9.80 Å². The van der Waals surface area contributed by atoms with Gasteiger partial charge in [0.1, 0.15) is 11.8 Å². The van der Waals surface area contributed by atoms with Crippen LogP contribution in [0.4, 0.5) is 0 Å². The molecule has 2 heterocycles. The minimum absolute atomic E-state index is 0.0264. The minimum atomic E-state index is -1.00. The summed E-state index contributed by atoms with van der Waals surface area (Å²) in [5.74, 6) is 0.762. The highest BCUT2D eigenvalue weighted by molar-refractivity contribution is 5.82. The lowest BCUT2D eigenvalue weighted by Gasteiger charge is -2.37. The molecule has 0 saturated carbocycles. The van der Waals surface area contributed by atoms with Crippen LogP contribution in [0.25, 0.3) is 0 Å². The Morgan fingerprint density at radius 1 is 1.17 bits per heavy atom. The lowest BCUT2D eigenvalue weighted by Crippen LogP contribution is -2.52. The molecule has 2 aliphatic heterocycles. The summed E-state index contributed by atoms with van der Waals surface area (Å²) < 4.78 is 16.1. The van der Waals surface area contributed by atoms with Gasteiger partial charge in [-0.2, -0.15) is 0 Å². The molecule has 158 valence electrons. The number of carboxylic acid groups (broad SMARTS) is 1. The lowest BCUT2D eigenvalue weighted by atomic mass is 10.0. The molecule has 0 aliphatic carbocycles. The highest BCUT2D eigenvalue weighted by Crippen LogP contribution is 2.34. The van der Waals surface area contributed by atoms with E-state index in [0.717, 1.165) is 11.1 Å². The Hall–Kier alpha value is -3.26. The molecule has 1 saturated heterocycles. The standard InChI is InChI=1S/C22H24N2O6/c1-14-3-5-17(28-2)16(9-14)21(22(26)27)24-8-7-23(20(25)12-24)11-15-4-6-18-19(10-15)30-13-29-18/h3-6,9-10,21H,7-8,11-13H2,1-2H3,(H,26,27). The smallest absolute Gasteiger partial charge is 0.325 e. The number of carbonyl (C=O) groups is 2. The van der Waals surface area contributed by atoms with E-state index in [1.165, 1.54) is 7.11 Å². The molecular weight excluding hydrogens is 388 g/mol. The van der Waals surface area contributed by atoms with Gasteiger partial charge in [0.2, 0.25) is 12.7 Å². The maximum atomic E-state index is 12.8. The molecule has 1 unspecified atom stereocenters. The highest BCUT2D eigenvalue weighted by Gasteiger charge is 2.35. The maximum Gasteiger partial charge on any atom is 0.325 e. The zero-order valence-electron chi connectivity index (χ0n) is 17.0. The minimum Gasteiger partial charge on any atom is -0.496 e. The molecule has 1 atom stereocenters.